The van der Waals surface area contributed by atoms with Crippen LogP contribution in [-0.2, 0) is 19.8 Å². The van der Waals surface area contributed by atoms with E-state index < -0.39 is 29.2 Å². The lowest BCUT2D eigenvalue weighted by atomic mass is 9.79. The molecule has 0 fully saturated rings. The van der Waals surface area contributed by atoms with Crippen LogP contribution in [0.3, 0.4) is 0 Å². The lowest BCUT2D eigenvalue weighted by molar-refractivity contribution is -0.156. The third-order valence-electron chi connectivity index (χ3n) is 6.64. The van der Waals surface area contributed by atoms with E-state index in [4.69, 9.17) is 47.1 Å². The molecule has 43 heavy (non-hydrogen) atoms. The SMILES string of the molecule is CCOC(=O)[C@]1(c2ccc(Cl)cc2)[C@@H](c2ccc(Cl)cc2)N=C(c2ccc(OC)cc2OC(C)C)N1C(=O)OC(C)(C)C. The van der Waals surface area contributed by atoms with Crippen molar-refractivity contribution in [2.75, 3.05) is 13.7 Å². The summed E-state index contributed by atoms with van der Waals surface area (Å²) in [5.41, 5.74) is -1.23. The first-order valence-electron chi connectivity index (χ1n) is 14.0. The average Bonchev–Trinajstić information content (AvgIpc) is 3.29. The van der Waals surface area contributed by atoms with Crippen molar-refractivity contribution in [3.05, 3.63) is 93.5 Å². The Morgan fingerprint density at radius 3 is 2.12 bits per heavy atom. The molecule has 1 aliphatic heterocycles. The van der Waals surface area contributed by atoms with Crippen LogP contribution in [0.4, 0.5) is 4.79 Å². The number of rotatable bonds is 8. The van der Waals surface area contributed by atoms with Gasteiger partial charge in [0.05, 0.1) is 25.4 Å². The van der Waals surface area contributed by atoms with Crippen LogP contribution in [0.25, 0.3) is 0 Å². The van der Waals surface area contributed by atoms with Crippen LogP contribution in [0.5, 0.6) is 11.5 Å². The average molecular weight is 628 g/mol. The van der Waals surface area contributed by atoms with Gasteiger partial charge >= 0.3 is 12.1 Å². The number of halogens is 2. The Morgan fingerprint density at radius 1 is 0.977 bits per heavy atom. The maximum absolute atomic E-state index is 14.5. The minimum Gasteiger partial charge on any atom is -0.497 e. The Labute approximate surface area is 262 Å². The Morgan fingerprint density at radius 2 is 1.58 bits per heavy atom. The second kappa shape index (κ2) is 12.9. The van der Waals surface area contributed by atoms with Crippen LogP contribution in [0.1, 0.15) is 64.3 Å². The van der Waals surface area contributed by atoms with Crippen LogP contribution < -0.4 is 9.47 Å². The molecule has 3 aromatic rings. The van der Waals surface area contributed by atoms with E-state index >= 15 is 0 Å². The number of nitrogens with zero attached hydrogens (tertiary/aromatic N) is 2. The van der Waals surface area contributed by atoms with Crippen molar-refractivity contribution in [3.63, 3.8) is 0 Å². The minimum absolute atomic E-state index is 0.0588. The summed E-state index contributed by atoms with van der Waals surface area (Å²) < 4.78 is 23.4. The lowest BCUT2D eigenvalue weighted by Gasteiger charge is -2.40. The molecular weight excluding hydrogens is 591 g/mol. The summed E-state index contributed by atoms with van der Waals surface area (Å²) in [5.74, 6) is 0.426. The topological polar surface area (TPSA) is 86.7 Å². The summed E-state index contributed by atoms with van der Waals surface area (Å²) in [6.07, 6.45) is -1.02. The first-order valence-corrected chi connectivity index (χ1v) is 14.7. The van der Waals surface area contributed by atoms with Crippen molar-refractivity contribution in [2.45, 2.75) is 64.8 Å². The van der Waals surface area contributed by atoms with Crippen molar-refractivity contribution in [2.24, 2.45) is 4.99 Å². The van der Waals surface area contributed by atoms with Crippen molar-refractivity contribution < 1.29 is 28.5 Å². The molecule has 0 aromatic heterocycles. The van der Waals surface area contributed by atoms with E-state index in [2.05, 4.69) is 0 Å². The summed E-state index contributed by atoms with van der Waals surface area (Å²) in [7, 11) is 1.55. The molecule has 2 atom stereocenters. The van der Waals surface area contributed by atoms with Gasteiger partial charge in [0.2, 0.25) is 5.54 Å². The number of aliphatic imine (C=N–C) groups is 1. The molecule has 0 saturated carbocycles. The highest BCUT2D eigenvalue weighted by Crippen LogP contribution is 2.51. The molecule has 0 unspecified atom stereocenters. The Balaban J connectivity index is 2.13. The zero-order chi connectivity index (χ0) is 31.5. The number of benzene rings is 3. The van der Waals surface area contributed by atoms with Gasteiger partial charge in [-0.25, -0.2) is 14.5 Å². The van der Waals surface area contributed by atoms with Gasteiger partial charge in [0.15, 0.2) is 0 Å². The fourth-order valence-corrected chi connectivity index (χ4v) is 5.22. The van der Waals surface area contributed by atoms with Gasteiger partial charge in [-0.05, 0) is 89.1 Å². The van der Waals surface area contributed by atoms with Crippen LogP contribution in [0.2, 0.25) is 10.0 Å². The standard InChI is InChI=1S/C33H36Cl2N2O6/c1-8-41-30(38)33(22-11-15-24(35)16-12-22)28(21-9-13-23(34)14-10-21)36-29(37(33)31(39)43-32(4,5)6)26-18-17-25(40-7)19-27(26)42-20(2)3/h9-20,28H,8H2,1-7H3/t28-,33+/m1/s1. The van der Waals surface area contributed by atoms with Crippen LogP contribution in [0, 0.1) is 0 Å². The molecule has 1 aliphatic rings. The molecule has 0 radical (unpaired) electrons. The smallest absolute Gasteiger partial charge is 0.417 e. The minimum atomic E-state index is -1.83. The number of methoxy groups -OCH3 is 1. The van der Waals surface area contributed by atoms with Gasteiger partial charge in [0.25, 0.3) is 0 Å². The van der Waals surface area contributed by atoms with Crippen LogP contribution in [0.15, 0.2) is 71.7 Å². The molecule has 228 valence electrons. The summed E-state index contributed by atoms with van der Waals surface area (Å²) in [4.78, 5) is 35.3. The van der Waals surface area contributed by atoms with Gasteiger partial charge in [-0.2, -0.15) is 0 Å². The van der Waals surface area contributed by atoms with Crippen molar-refractivity contribution in [3.8, 4) is 11.5 Å². The summed E-state index contributed by atoms with van der Waals surface area (Å²) in [6, 6.07) is 17.9. The second-order valence-corrected chi connectivity index (χ2v) is 12.1. The zero-order valence-electron chi connectivity index (χ0n) is 25.3. The molecule has 0 spiro atoms. The van der Waals surface area contributed by atoms with E-state index in [1.54, 1.807) is 102 Å². The monoisotopic (exact) mass is 626 g/mol. The predicted molar refractivity (Wildman–Crippen MR) is 167 cm³/mol. The van der Waals surface area contributed by atoms with Crippen LogP contribution in [-0.4, -0.2) is 48.2 Å². The maximum Gasteiger partial charge on any atom is 0.417 e. The second-order valence-electron chi connectivity index (χ2n) is 11.2. The van der Waals surface area contributed by atoms with E-state index in [0.717, 1.165) is 0 Å². The number of amidine groups is 1. The number of hydrogen-bond donors (Lipinski definition) is 0. The molecule has 3 aromatic carbocycles. The molecule has 0 bridgehead atoms. The van der Waals surface area contributed by atoms with Gasteiger partial charge < -0.3 is 18.9 Å². The van der Waals surface area contributed by atoms with Crippen molar-refractivity contribution in [1.82, 2.24) is 4.90 Å². The highest BCUT2D eigenvalue weighted by Gasteiger charge is 2.62. The van der Waals surface area contributed by atoms with Gasteiger partial charge in [-0.1, -0.05) is 47.5 Å². The number of ether oxygens (including phenoxy) is 4. The van der Waals surface area contributed by atoms with Gasteiger partial charge in [-0.3, -0.25) is 4.99 Å². The van der Waals surface area contributed by atoms with E-state index in [1.807, 2.05) is 13.8 Å². The summed E-state index contributed by atoms with van der Waals surface area (Å²) >= 11 is 12.5. The molecule has 8 nitrogen and oxygen atoms in total. The first kappa shape index (κ1) is 32.2. The molecule has 10 heteroatoms. The van der Waals surface area contributed by atoms with Crippen molar-refractivity contribution >= 4 is 41.1 Å². The fourth-order valence-electron chi connectivity index (χ4n) is 4.97. The molecule has 1 heterocycles. The fraction of sp³-hybridized carbons (Fsp3) is 0.364. The molecular formula is C33H36Cl2N2O6. The summed E-state index contributed by atoms with van der Waals surface area (Å²) in [5, 5.41) is 0.961. The molecule has 0 aliphatic carbocycles. The molecule has 0 N–H and O–H groups in total. The van der Waals surface area contributed by atoms with E-state index in [9.17, 15) is 9.59 Å². The van der Waals surface area contributed by atoms with E-state index in [1.165, 1.54) is 4.90 Å². The predicted octanol–water partition coefficient (Wildman–Crippen LogP) is 7.99. The van der Waals surface area contributed by atoms with E-state index in [0.29, 0.717) is 38.2 Å². The zero-order valence-corrected chi connectivity index (χ0v) is 26.8. The quantitative estimate of drug-likeness (QED) is 0.236. The number of carbonyl (C=O) groups excluding carboxylic acids is 2. The number of esters is 1. The van der Waals surface area contributed by atoms with Gasteiger partial charge in [-0.15, -0.1) is 0 Å². The van der Waals surface area contributed by atoms with Gasteiger partial charge in [0.1, 0.15) is 29.0 Å². The third kappa shape index (κ3) is 6.60. The summed E-state index contributed by atoms with van der Waals surface area (Å²) in [6.45, 7) is 10.8. The Hall–Kier alpha value is -3.75. The first-order chi connectivity index (χ1) is 20.3. The Kier molecular flexibility index (Phi) is 9.62. The van der Waals surface area contributed by atoms with Crippen LogP contribution >= 0.6 is 23.2 Å². The normalized spacial score (nSPS) is 18.3. The number of carbonyl (C=O) groups is 2. The van der Waals surface area contributed by atoms with Gasteiger partial charge in [0, 0.05) is 16.1 Å². The largest absolute Gasteiger partial charge is 0.497 e. The molecule has 1 amide bonds. The molecule has 4 rings (SSSR count). The van der Waals surface area contributed by atoms with Crippen molar-refractivity contribution in [1.29, 1.82) is 0 Å². The lowest BCUT2D eigenvalue weighted by Crippen LogP contribution is -2.57. The highest BCUT2D eigenvalue weighted by molar-refractivity contribution is 6.30. The highest BCUT2D eigenvalue weighted by atomic mass is 35.5. The maximum atomic E-state index is 14.5. The number of amides is 1. The Bertz CT molecular complexity index is 1500. The molecule has 0 saturated heterocycles. The number of hydrogen-bond acceptors (Lipinski definition) is 7. The third-order valence-corrected chi connectivity index (χ3v) is 7.14. The van der Waals surface area contributed by atoms with E-state index in [-0.39, 0.29) is 18.5 Å².